The second kappa shape index (κ2) is 4.78. The van der Waals surface area contributed by atoms with Crippen LogP contribution in [0.3, 0.4) is 0 Å². The number of hydrogen-bond acceptors (Lipinski definition) is 3. The number of methoxy groups -OCH3 is 1. The van der Waals surface area contributed by atoms with E-state index in [2.05, 4.69) is 9.72 Å². The maximum atomic E-state index is 12.1. The summed E-state index contributed by atoms with van der Waals surface area (Å²) in [5, 5.41) is 0. The largest absolute Gasteiger partial charge is 0.573 e. The van der Waals surface area contributed by atoms with Crippen LogP contribution in [0.4, 0.5) is 13.2 Å². The smallest absolute Gasteiger partial charge is 0.495 e. The molecule has 0 fully saturated rings. The first kappa shape index (κ1) is 12.9. The van der Waals surface area contributed by atoms with Crippen molar-refractivity contribution in [1.29, 1.82) is 0 Å². The van der Waals surface area contributed by atoms with Crippen LogP contribution in [0.25, 0.3) is 0 Å². The fourth-order valence-corrected chi connectivity index (χ4v) is 1.36. The molecule has 0 bridgehead atoms. The second-order valence-corrected chi connectivity index (χ2v) is 3.18. The van der Waals surface area contributed by atoms with Crippen LogP contribution in [-0.4, -0.2) is 18.5 Å². The van der Waals surface area contributed by atoms with E-state index in [-0.39, 0.29) is 22.9 Å². The van der Waals surface area contributed by atoms with Gasteiger partial charge in [-0.2, -0.15) is 0 Å². The Morgan fingerprint density at radius 3 is 2.50 bits per heavy atom. The van der Waals surface area contributed by atoms with Gasteiger partial charge >= 0.3 is 6.36 Å². The number of ether oxygens (including phenoxy) is 2. The lowest BCUT2D eigenvalue weighted by Crippen LogP contribution is -2.19. The SMILES string of the molecule is COc1cnc(CCl)c(OC(F)(F)F)c1C. The van der Waals surface area contributed by atoms with Gasteiger partial charge in [0.1, 0.15) is 5.75 Å². The van der Waals surface area contributed by atoms with Gasteiger partial charge in [-0.15, -0.1) is 24.8 Å². The molecule has 0 saturated carbocycles. The third-order valence-electron chi connectivity index (χ3n) is 1.87. The van der Waals surface area contributed by atoms with E-state index in [0.717, 1.165) is 0 Å². The maximum Gasteiger partial charge on any atom is 0.573 e. The summed E-state index contributed by atoms with van der Waals surface area (Å²) in [6.45, 7) is 1.44. The molecule has 0 unspecified atom stereocenters. The highest BCUT2D eigenvalue weighted by Crippen LogP contribution is 2.34. The lowest BCUT2D eigenvalue weighted by molar-refractivity contribution is -0.275. The molecule has 0 amide bonds. The van der Waals surface area contributed by atoms with Gasteiger partial charge in [0.25, 0.3) is 0 Å². The van der Waals surface area contributed by atoms with Crippen LogP contribution in [0.1, 0.15) is 11.3 Å². The molecule has 1 aromatic heterocycles. The van der Waals surface area contributed by atoms with Gasteiger partial charge in [-0.05, 0) is 6.92 Å². The minimum absolute atomic E-state index is 0.0253. The van der Waals surface area contributed by atoms with E-state index in [4.69, 9.17) is 16.3 Å². The van der Waals surface area contributed by atoms with Crippen LogP contribution in [0, 0.1) is 6.92 Å². The fraction of sp³-hybridized carbons (Fsp3) is 0.444. The zero-order valence-electron chi connectivity index (χ0n) is 8.56. The van der Waals surface area contributed by atoms with Crippen molar-refractivity contribution < 1.29 is 22.6 Å². The van der Waals surface area contributed by atoms with Crippen molar-refractivity contribution in [3.05, 3.63) is 17.5 Å². The molecule has 0 aromatic carbocycles. The van der Waals surface area contributed by atoms with Crippen molar-refractivity contribution in [3.63, 3.8) is 0 Å². The highest BCUT2D eigenvalue weighted by molar-refractivity contribution is 6.17. The summed E-state index contributed by atoms with van der Waals surface area (Å²) in [5.74, 6) is -0.356. The van der Waals surface area contributed by atoms with Crippen LogP contribution in [0.2, 0.25) is 0 Å². The lowest BCUT2D eigenvalue weighted by atomic mass is 10.2. The topological polar surface area (TPSA) is 31.4 Å². The van der Waals surface area contributed by atoms with E-state index in [9.17, 15) is 13.2 Å². The monoisotopic (exact) mass is 255 g/mol. The Labute approximate surface area is 95.1 Å². The number of nitrogens with zero attached hydrogens (tertiary/aromatic N) is 1. The predicted octanol–water partition coefficient (Wildman–Crippen LogP) is 3.04. The van der Waals surface area contributed by atoms with E-state index < -0.39 is 12.1 Å². The molecule has 0 atom stereocenters. The molecule has 7 heteroatoms. The molecule has 0 N–H and O–H groups in total. The van der Waals surface area contributed by atoms with Crippen molar-refractivity contribution in [2.24, 2.45) is 0 Å². The normalized spacial score (nSPS) is 11.4. The van der Waals surface area contributed by atoms with Gasteiger partial charge in [0.15, 0.2) is 5.75 Å². The Hall–Kier alpha value is -1.17. The first-order valence-electron chi connectivity index (χ1n) is 4.23. The maximum absolute atomic E-state index is 12.1. The van der Waals surface area contributed by atoms with Gasteiger partial charge in [0.2, 0.25) is 0 Å². The average Bonchev–Trinajstić information content (AvgIpc) is 2.19. The van der Waals surface area contributed by atoms with Crippen LogP contribution >= 0.6 is 11.6 Å². The highest BCUT2D eigenvalue weighted by atomic mass is 35.5. The minimum atomic E-state index is -4.78. The molecule has 0 aliphatic heterocycles. The number of alkyl halides is 4. The Kier molecular flexibility index (Phi) is 3.85. The minimum Gasteiger partial charge on any atom is -0.495 e. The van der Waals surface area contributed by atoms with E-state index in [1.54, 1.807) is 0 Å². The predicted molar refractivity (Wildman–Crippen MR) is 51.8 cm³/mol. The van der Waals surface area contributed by atoms with E-state index in [1.807, 2.05) is 0 Å². The van der Waals surface area contributed by atoms with Crippen LogP contribution in [0.5, 0.6) is 11.5 Å². The summed E-state index contributed by atoms with van der Waals surface area (Å²) < 4.78 is 45.1. The summed E-state index contributed by atoms with van der Waals surface area (Å²) in [6, 6.07) is 0. The number of hydrogen-bond donors (Lipinski definition) is 0. The number of halogens is 4. The highest BCUT2D eigenvalue weighted by Gasteiger charge is 2.33. The average molecular weight is 256 g/mol. The Bertz CT molecular complexity index is 382. The van der Waals surface area contributed by atoms with E-state index in [0.29, 0.717) is 0 Å². The van der Waals surface area contributed by atoms with Crippen molar-refractivity contribution in [3.8, 4) is 11.5 Å². The molecular formula is C9H9ClF3NO2. The Morgan fingerprint density at radius 2 is 2.06 bits per heavy atom. The molecule has 90 valence electrons. The molecule has 16 heavy (non-hydrogen) atoms. The molecule has 0 radical (unpaired) electrons. The van der Waals surface area contributed by atoms with E-state index in [1.165, 1.54) is 20.2 Å². The van der Waals surface area contributed by atoms with Gasteiger partial charge in [0.05, 0.1) is 24.9 Å². The number of pyridine rings is 1. The fourth-order valence-electron chi connectivity index (χ4n) is 1.17. The van der Waals surface area contributed by atoms with E-state index >= 15 is 0 Å². The van der Waals surface area contributed by atoms with Crippen LogP contribution in [-0.2, 0) is 5.88 Å². The zero-order valence-corrected chi connectivity index (χ0v) is 9.32. The summed E-state index contributed by atoms with van der Waals surface area (Å²) in [4.78, 5) is 3.73. The van der Waals surface area contributed by atoms with Crippen LogP contribution < -0.4 is 9.47 Å². The quantitative estimate of drug-likeness (QED) is 0.778. The van der Waals surface area contributed by atoms with Gasteiger partial charge < -0.3 is 9.47 Å². The van der Waals surface area contributed by atoms with Gasteiger partial charge in [0, 0.05) is 5.56 Å². The van der Waals surface area contributed by atoms with Crippen LogP contribution in [0.15, 0.2) is 6.20 Å². The van der Waals surface area contributed by atoms with Crippen molar-refractivity contribution in [2.45, 2.75) is 19.2 Å². The molecule has 0 aliphatic carbocycles. The summed E-state index contributed by atoms with van der Waals surface area (Å²) >= 11 is 5.48. The van der Waals surface area contributed by atoms with Gasteiger partial charge in [-0.25, -0.2) is 0 Å². The number of rotatable bonds is 3. The molecule has 1 rings (SSSR count). The van der Waals surface area contributed by atoms with Crippen molar-refractivity contribution in [1.82, 2.24) is 4.98 Å². The summed E-state index contributed by atoms with van der Waals surface area (Å²) in [6.07, 6.45) is -3.48. The van der Waals surface area contributed by atoms with Crippen molar-refractivity contribution in [2.75, 3.05) is 7.11 Å². The first-order chi connectivity index (χ1) is 7.39. The third-order valence-corrected chi connectivity index (χ3v) is 2.13. The van der Waals surface area contributed by atoms with Crippen molar-refractivity contribution >= 4 is 11.6 Å². The standard InChI is InChI=1S/C9H9ClF3NO2/c1-5-7(15-2)4-14-6(3-10)8(5)16-9(11,12)13/h4H,3H2,1-2H3. The molecular weight excluding hydrogens is 247 g/mol. The Balaban J connectivity index is 3.21. The Morgan fingerprint density at radius 1 is 1.44 bits per heavy atom. The second-order valence-electron chi connectivity index (χ2n) is 2.91. The first-order valence-corrected chi connectivity index (χ1v) is 4.76. The molecule has 1 heterocycles. The molecule has 3 nitrogen and oxygen atoms in total. The van der Waals surface area contributed by atoms with Gasteiger partial charge in [-0.1, -0.05) is 0 Å². The third kappa shape index (κ3) is 2.91. The lowest BCUT2D eigenvalue weighted by Gasteiger charge is -2.15. The molecule has 0 aliphatic rings. The molecule has 1 aromatic rings. The molecule has 0 saturated heterocycles. The summed E-state index contributed by atoms with van der Waals surface area (Å²) in [7, 11) is 1.34. The number of aromatic nitrogens is 1. The van der Waals surface area contributed by atoms with Gasteiger partial charge in [-0.3, -0.25) is 4.98 Å². The summed E-state index contributed by atoms with van der Waals surface area (Å²) in [5.41, 5.74) is 0.239. The zero-order chi connectivity index (χ0) is 12.3. The molecule has 0 spiro atoms.